The predicted molar refractivity (Wildman–Crippen MR) is 109 cm³/mol. The van der Waals surface area contributed by atoms with E-state index in [2.05, 4.69) is 5.32 Å². The van der Waals surface area contributed by atoms with Gasteiger partial charge in [-0.05, 0) is 59.7 Å². The van der Waals surface area contributed by atoms with Gasteiger partial charge in [0.1, 0.15) is 11.5 Å². The molecule has 0 saturated carbocycles. The lowest BCUT2D eigenvalue weighted by atomic mass is 10.0. The van der Waals surface area contributed by atoms with Crippen molar-refractivity contribution in [2.75, 3.05) is 14.2 Å². The predicted octanol–water partition coefficient (Wildman–Crippen LogP) is 3.92. The Labute approximate surface area is 164 Å². The number of nitrogens with one attached hydrogen (secondary N) is 1. The van der Waals surface area contributed by atoms with E-state index in [1.165, 1.54) is 6.92 Å². The minimum absolute atomic E-state index is 0.0443. The number of carbonyl (C=O) groups excluding carboxylic acids is 2. The summed E-state index contributed by atoms with van der Waals surface area (Å²) in [7, 11) is 3.19. The number of amides is 1. The number of rotatable bonds is 7. The zero-order valence-corrected chi connectivity index (χ0v) is 16.2. The fraction of sp³-hybridized carbons (Fsp3) is 0.217. The molecule has 0 saturated heterocycles. The minimum Gasteiger partial charge on any atom is -0.497 e. The molecule has 0 radical (unpaired) electrons. The average molecular weight is 377 g/mol. The van der Waals surface area contributed by atoms with Gasteiger partial charge < -0.3 is 14.8 Å². The fourth-order valence-electron chi connectivity index (χ4n) is 3.08. The number of carbonyl (C=O) groups is 2. The van der Waals surface area contributed by atoms with E-state index in [0.29, 0.717) is 23.4 Å². The first kappa shape index (κ1) is 19.4. The van der Waals surface area contributed by atoms with Crippen LogP contribution in [0, 0.1) is 0 Å². The van der Waals surface area contributed by atoms with E-state index in [0.717, 1.165) is 22.1 Å². The Hall–Kier alpha value is -3.34. The number of methoxy groups -OCH3 is 2. The fourth-order valence-corrected chi connectivity index (χ4v) is 3.08. The second kappa shape index (κ2) is 8.57. The normalized spacial score (nSPS) is 10.5. The van der Waals surface area contributed by atoms with Crippen molar-refractivity contribution < 1.29 is 19.1 Å². The van der Waals surface area contributed by atoms with E-state index in [1.807, 2.05) is 36.4 Å². The van der Waals surface area contributed by atoms with E-state index in [4.69, 9.17) is 9.47 Å². The zero-order chi connectivity index (χ0) is 20.1. The number of hydrogen-bond donors (Lipinski definition) is 1. The van der Waals surface area contributed by atoms with Crippen molar-refractivity contribution in [3.8, 4) is 11.5 Å². The van der Waals surface area contributed by atoms with Crippen LogP contribution < -0.4 is 14.8 Å². The quantitative estimate of drug-likeness (QED) is 0.634. The van der Waals surface area contributed by atoms with Crippen LogP contribution in [0.1, 0.15) is 28.4 Å². The Balaban J connectivity index is 1.68. The van der Waals surface area contributed by atoms with Gasteiger partial charge >= 0.3 is 0 Å². The summed E-state index contributed by atoms with van der Waals surface area (Å²) in [5.74, 6) is 1.24. The van der Waals surface area contributed by atoms with Gasteiger partial charge in [-0.2, -0.15) is 0 Å². The summed E-state index contributed by atoms with van der Waals surface area (Å²) in [6.45, 7) is 1.93. The third kappa shape index (κ3) is 4.49. The summed E-state index contributed by atoms with van der Waals surface area (Å²) >= 11 is 0. The lowest BCUT2D eigenvalue weighted by Gasteiger charge is -2.11. The molecule has 1 amide bonds. The van der Waals surface area contributed by atoms with Crippen LogP contribution in [0.5, 0.6) is 11.5 Å². The molecule has 0 bridgehead atoms. The minimum atomic E-state index is -0.131. The van der Waals surface area contributed by atoms with E-state index in [1.54, 1.807) is 32.4 Å². The van der Waals surface area contributed by atoms with Crippen LogP contribution in [0.15, 0.2) is 54.6 Å². The highest BCUT2D eigenvalue weighted by Crippen LogP contribution is 2.23. The van der Waals surface area contributed by atoms with Gasteiger partial charge in [-0.1, -0.05) is 18.2 Å². The molecular weight excluding hydrogens is 354 g/mol. The van der Waals surface area contributed by atoms with Gasteiger partial charge in [0.2, 0.25) is 5.91 Å². The number of hydrogen-bond acceptors (Lipinski definition) is 4. The van der Waals surface area contributed by atoms with Crippen molar-refractivity contribution in [1.82, 2.24) is 5.32 Å². The molecule has 1 N–H and O–H groups in total. The summed E-state index contributed by atoms with van der Waals surface area (Å²) in [5, 5.41) is 5.10. The van der Waals surface area contributed by atoms with Crippen molar-refractivity contribution in [3.05, 3.63) is 71.3 Å². The van der Waals surface area contributed by atoms with E-state index < -0.39 is 0 Å². The smallest absolute Gasteiger partial charge is 0.224 e. The molecule has 0 fully saturated rings. The Morgan fingerprint density at radius 2 is 1.64 bits per heavy atom. The van der Waals surface area contributed by atoms with Gasteiger partial charge in [-0.3, -0.25) is 9.59 Å². The zero-order valence-electron chi connectivity index (χ0n) is 16.2. The number of ketones is 1. The Kier molecular flexibility index (Phi) is 5.94. The van der Waals surface area contributed by atoms with Crippen LogP contribution in [-0.2, 0) is 17.8 Å². The van der Waals surface area contributed by atoms with Crippen molar-refractivity contribution in [2.45, 2.75) is 19.9 Å². The topological polar surface area (TPSA) is 64.6 Å². The molecule has 0 heterocycles. The molecule has 5 nitrogen and oxygen atoms in total. The maximum Gasteiger partial charge on any atom is 0.224 e. The number of benzene rings is 3. The SMILES string of the molecule is COc1ccc2cc(CNC(=O)Cc3cc(C(C)=O)ccc3OC)ccc2c1. The first-order valence-electron chi connectivity index (χ1n) is 9.01. The van der Waals surface area contributed by atoms with Crippen molar-refractivity contribution in [2.24, 2.45) is 0 Å². The number of Topliss-reactive ketones (excluding diaryl/α,β-unsaturated/α-hetero) is 1. The maximum atomic E-state index is 12.4. The van der Waals surface area contributed by atoms with Crippen LogP contribution in [0.2, 0.25) is 0 Å². The van der Waals surface area contributed by atoms with Gasteiger partial charge in [0, 0.05) is 17.7 Å². The number of fused-ring (bicyclic) bond motifs is 1. The third-order valence-corrected chi connectivity index (χ3v) is 4.64. The Morgan fingerprint density at radius 3 is 2.36 bits per heavy atom. The second-order valence-electron chi connectivity index (χ2n) is 6.58. The number of ether oxygens (including phenoxy) is 2. The van der Waals surface area contributed by atoms with Crippen LogP contribution in [-0.4, -0.2) is 25.9 Å². The monoisotopic (exact) mass is 377 g/mol. The molecule has 5 heteroatoms. The Morgan fingerprint density at radius 1 is 0.893 bits per heavy atom. The second-order valence-corrected chi connectivity index (χ2v) is 6.58. The molecule has 3 aromatic carbocycles. The molecule has 3 rings (SSSR count). The molecule has 0 unspecified atom stereocenters. The molecule has 0 aliphatic heterocycles. The van der Waals surface area contributed by atoms with Crippen LogP contribution >= 0.6 is 0 Å². The molecule has 0 aliphatic rings. The lowest BCUT2D eigenvalue weighted by Crippen LogP contribution is -2.24. The highest BCUT2D eigenvalue weighted by Gasteiger charge is 2.11. The summed E-state index contributed by atoms with van der Waals surface area (Å²) in [6, 6.07) is 17.1. The van der Waals surface area contributed by atoms with Crippen LogP contribution in [0.4, 0.5) is 0 Å². The molecule has 0 spiro atoms. The first-order chi connectivity index (χ1) is 13.5. The summed E-state index contributed by atoms with van der Waals surface area (Å²) in [5.41, 5.74) is 2.27. The maximum absolute atomic E-state index is 12.4. The van der Waals surface area contributed by atoms with Crippen molar-refractivity contribution in [3.63, 3.8) is 0 Å². The summed E-state index contributed by atoms with van der Waals surface area (Å²) < 4.78 is 10.6. The molecular formula is C23H23NO4. The molecule has 0 aliphatic carbocycles. The van der Waals surface area contributed by atoms with E-state index >= 15 is 0 Å². The molecule has 28 heavy (non-hydrogen) atoms. The van der Waals surface area contributed by atoms with Gasteiger partial charge in [-0.25, -0.2) is 0 Å². The largest absolute Gasteiger partial charge is 0.497 e. The van der Waals surface area contributed by atoms with Gasteiger partial charge in [0.15, 0.2) is 5.78 Å². The summed E-state index contributed by atoms with van der Waals surface area (Å²) in [6.07, 6.45) is 0.148. The summed E-state index contributed by atoms with van der Waals surface area (Å²) in [4.78, 5) is 24.0. The van der Waals surface area contributed by atoms with Crippen LogP contribution in [0.3, 0.4) is 0 Å². The van der Waals surface area contributed by atoms with Gasteiger partial charge in [0.25, 0.3) is 0 Å². The highest BCUT2D eigenvalue weighted by atomic mass is 16.5. The van der Waals surface area contributed by atoms with E-state index in [-0.39, 0.29) is 18.1 Å². The standard InChI is InChI=1S/C23H23NO4/c1-15(25)17-7-9-22(28-3)20(11-17)13-23(26)24-14-16-4-5-19-12-21(27-2)8-6-18(19)10-16/h4-12H,13-14H2,1-3H3,(H,24,26). The van der Waals surface area contributed by atoms with E-state index in [9.17, 15) is 9.59 Å². The average Bonchev–Trinajstić information content (AvgIpc) is 2.71. The van der Waals surface area contributed by atoms with Gasteiger partial charge in [-0.15, -0.1) is 0 Å². The van der Waals surface area contributed by atoms with Crippen LogP contribution in [0.25, 0.3) is 10.8 Å². The van der Waals surface area contributed by atoms with Crippen molar-refractivity contribution >= 4 is 22.5 Å². The third-order valence-electron chi connectivity index (χ3n) is 4.64. The van der Waals surface area contributed by atoms with Gasteiger partial charge in [0.05, 0.1) is 20.6 Å². The molecule has 0 atom stereocenters. The molecule has 0 aromatic heterocycles. The highest BCUT2D eigenvalue weighted by molar-refractivity contribution is 5.94. The van der Waals surface area contributed by atoms with Crippen molar-refractivity contribution in [1.29, 1.82) is 0 Å². The molecule has 144 valence electrons. The Bertz CT molecular complexity index is 1030. The lowest BCUT2D eigenvalue weighted by molar-refractivity contribution is -0.120. The first-order valence-corrected chi connectivity index (χ1v) is 9.01. The molecule has 3 aromatic rings.